The van der Waals surface area contributed by atoms with Crippen molar-refractivity contribution in [2.75, 3.05) is 0 Å². The molecule has 1 heterocycles. The monoisotopic (exact) mass is 291 g/mol. The van der Waals surface area contributed by atoms with Gasteiger partial charge in [0.25, 0.3) is 5.56 Å². The van der Waals surface area contributed by atoms with Crippen LogP contribution in [-0.4, -0.2) is 16.1 Å². The van der Waals surface area contributed by atoms with Gasteiger partial charge in [0.05, 0.1) is 16.1 Å². The summed E-state index contributed by atoms with van der Waals surface area (Å²) < 4.78 is 38.7. The summed E-state index contributed by atoms with van der Waals surface area (Å²) in [5, 5.41) is 7.55. The Morgan fingerprint density at radius 2 is 1.95 bits per heavy atom. The maximum Gasteiger partial charge on any atom is 0.417 e. The minimum absolute atomic E-state index is 0.307. The molecule has 2 N–H and O–H groups in total. The lowest BCUT2D eigenvalue weighted by Crippen LogP contribution is -2.13. The third-order valence-corrected chi connectivity index (χ3v) is 2.80. The molecule has 0 aliphatic heterocycles. The molecule has 0 saturated heterocycles. The van der Waals surface area contributed by atoms with Gasteiger partial charge in [0.1, 0.15) is 0 Å². The number of fused-ring (bicyclic) bond motifs is 1. The smallest absolute Gasteiger partial charge is 0.417 e. The third-order valence-electron chi connectivity index (χ3n) is 2.50. The molecule has 0 aliphatic carbocycles. The molecule has 1 aromatic carbocycles. The van der Waals surface area contributed by atoms with Crippen molar-refractivity contribution in [1.29, 1.82) is 0 Å². The first-order valence-electron chi connectivity index (χ1n) is 4.87. The first-order chi connectivity index (χ1) is 8.71. The van der Waals surface area contributed by atoms with E-state index < -0.39 is 39.6 Å². The molecular formula is C11H5ClF3NO3. The van der Waals surface area contributed by atoms with Crippen LogP contribution in [0.1, 0.15) is 15.9 Å². The van der Waals surface area contributed by atoms with Crippen molar-refractivity contribution in [3.63, 3.8) is 0 Å². The third kappa shape index (κ3) is 2.28. The van der Waals surface area contributed by atoms with Crippen LogP contribution >= 0.6 is 11.6 Å². The number of hydrogen-bond acceptors (Lipinski definition) is 2. The molecule has 0 aliphatic rings. The van der Waals surface area contributed by atoms with Crippen molar-refractivity contribution in [3.05, 3.63) is 44.8 Å². The van der Waals surface area contributed by atoms with E-state index in [1.165, 1.54) is 0 Å². The van der Waals surface area contributed by atoms with Crippen LogP contribution in [0.2, 0.25) is 5.02 Å². The van der Waals surface area contributed by atoms with Gasteiger partial charge < -0.3 is 10.1 Å². The SMILES string of the molecule is O=C(O)c1cc(C(F)(F)F)c2c(Cl)c[nH]c(=O)c2c1. The largest absolute Gasteiger partial charge is 0.478 e. The standard InChI is InChI=1S/C11H5ClF3NO3/c12-7-3-16-9(17)5-1-4(10(18)19)2-6(8(5)7)11(13,14)15/h1-3H,(H,16,17)(H,18,19). The Labute approximate surface area is 108 Å². The van der Waals surface area contributed by atoms with Crippen LogP contribution in [0, 0.1) is 0 Å². The van der Waals surface area contributed by atoms with E-state index in [1.54, 1.807) is 0 Å². The minimum Gasteiger partial charge on any atom is -0.478 e. The van der Waals surface area contributed by atoms with Crippen LogP contribution in [0.4, 0.5) is 13.2 Å². The highest BCUT2D eigenvalue weighted by Gasteiger charge is 2.35. The predicted molar refractivity (Wildman–Crippen MR) is 61.5 cm³/mol. The first-order valence-corrected chi connectivity index (χ1v) is 5.25. The number of pyridine rings is 1. The lowest BCUT2D eigenvalue weighted by atomic mass is 10.0. The van der Waals surface area contributed by atoms with Crippen LogP contribution in [0.5, 0.6) is 0 Å². The molecule has 2 rings (SSSR count). The summed E-state index contributed by atoms with van der Waals surface area (Å²) in [6.07, 6.45) is -3.89. The van der Waals surface area contributed by atoms with Gasteiger partial charge in [-0.3, -0.25) is 4.79 Å². The number of aromatic nitrogens is 1. The van der Waals surface area contributed by atoms with E-state index in [0.717, 1.165) is 12.3 Å². The topological polar surface area (TPSA) is 70.2 Å². The number of nitrogens with one attached hydrogen (secondary N) is 1. The molecule has 1 aromatic heterocycles. The molecular weight excluding hydrogens is 287 g/mol. The van der Waals surface area contributed by atoms with Gasteiger partial charge in [-0.05, 0) is 12.1 Å². The van der Waals surface area contributed by atoms with Gasteiger partial charge in [0, 0.05) is 17.0 Å². The van der Waals surface area contributed by atoms with E-state index in [0.29, 0.717) is 6.07 Å². The van der Waals surface area contributed by atoms with E-state index in [1.807, 2.05) is 0 Å². The van der Waals surface area contributed by atoms with Gasteiger partial charge in [-0.15, -0.1) is 0 Å². The normalized spacial score (nSPS) is 11.8. The lowest BCUT2D eigenvalue weighted by molar-refractivity contribution is -0.136. The summed E-state index contributed by atoms with van der Waals surface area (Å²) in [6.45, 7) is 0. The Morgan fingerprint density at radius 3 is 2.47 bits per heavy atom. The maximum atomic E-state index is 12.9. The number of alkyl halides is 3. The first kappa shape index (κ1) is 13.4. The van der Waals surface area contributed by atoms with Crippen LogP contribution in [0.3, 0.4) is 0 Å². The van der Waals surface area contributed by atoms with Crippen molar-refractivity contribution in [2.45, 2.75) is 6.18 Å². The Morgan fingerprint density at radius 1 is 1.32 bits per heavy atom. The number of rotatable bonds is 1. The highest BCUT2D eigenvalue weighted by molar-refractivity contribution is 6.35. The Hall–Kier alpha value is -2.02. The molecule has 0 unspecified atom stereocenters. The predicted octanol–water partition coefficient (Wildman–Crippen LogP) is 2.90. The summed E-state index contributed by atoms with van der Waals surface area (Å²) in [4.78, 5) is 24.5. The fraction of sp³-hybridized carbons (Fsp3) is 0.0909. The number of aromatic carboxylic acids is 1. The fourth-order valence-corrected chi connectivity index (χ4v) is 1.96. The van der Waals surface area contributed by atoms with Crippen LogP contribution in [0.25, 0.3) is 10.8 Å². The van der Waals surface area contributed by atoms with Crippen LogP contribution in [-0.2, 0) is 6.18 Å². The second-order valence-electron chi connectivity index (χ2n) is 3.72. The molecule has 19 heavy (non-hydrogen) atoms. The van der Waals surface area contributed by atoms with Crippen molar-refractivity contribution < 1.29 is 23.1 Å². The van der Waals surface area contributed by atoms with E-state index in [2.05, 4.69) is 4.98 Å². The summed E-state index contributed by atoms with van der Waals surface area (Å²) >= 11 is 5.65. The zero-order valence-corrected chi connectivity index (χ0v) is 9.76. The summed E-state index contributed by atoms with van der Waals surface area (Å²) in [7, 11) is 0. The number of halogens is 4. The number of aromatic amines is 1. The number of carboxylic acid groups (broad SMARTS) is 1. The quantitative estimate of drug-likeness (QED) is 0.848. The molecule has 4 nitrogen and oxygen atoms in total. The molecule has 0 atom stereocenters. The summed E-state index contributed by atoms with van der Waals surface area (Å²) in [6, 6.07) is 1.31. The lowest BCUT2D eigenvalue weighted by Gasteiger charge is -2.12. The number of hydrogen-bond donors (Lipinski definition) is 2. The summed E-state index contributed by atoms with van der Waals surface area (Å²) in [5.41, 5.74) is -2.72. The molecule has 100 valence electrons. The second kappa shape index (κ2) is 4.27. The highest BCUT2D eigenvalue weighted by atomic mass is 35.5. The second-order valence-corrected chi connectivity index (χ2v) is 4.12. The zero-order chi connectivity index (χ0) is 14.4. The molecule has 0 fully saturated rings. The average Bonchev–Trinajstić information content (AvgIpc) is 2.31. The molecule has 0 radical (unpaired) electrons. The Balaban J connectivity index is 3.03. The van der Waals surface area contributed by atoms with Gasteiger partial charge in [-0.25, -0.2) is 4.79 Å². The Kier molecular flexibility index (Phi) is 3.01. The van der Waals surface area contributed by atoms with E-state index >= 15 is 0 Å². The number of carboxylic acids is 1. The van der Waals surface area contributed by atoms with Gasteiger partial charge in [0.2, 0.25) is 0 Å². The molecule has 0 saturated carbocycles. The van der Waals surface area contributed by atoms with Crippen LogP contribution < -0.4 is 5.56 Å². The highest BCUT2D eigenvalue weighted by Crippen LogP contribution is 2.37. The Bertz CT molecular complexity index is 736. The van der Waals surface area contributed by atoms with E-state index in [-0.39, 0.29) is 5.02 Å². The van der Waals surface area contributed by atoms with Gasteiger partial charge in [-0.1, -0.05) is 11.6 Å². The van der Waals surface area contributed by atoms with Crippen molar-refractivity contribution in [2.24, 2.45) is 0 Å². The fourth-order valence-electron chi connectivity index (χ4n) is 1.70. The number of benzene rings is 1. The van der Waals surface area contributed by atoms with Crippen LogP contribution in [0.15, 0.2) is 23.1 Å². The molecule has 0 spiro atoms. The van der Waals surface area contributed by atoms with Crippen molar-refractivity contribution in [1.82, 2.24) is 4.98 Å². The van der Waals surface area contributed by atoms with E-state index in [4.69, 9.17) is 16.7 Å². The minimum atomic E-state index is -4.82. The van der Waals surface area contributed by atoms with Gasteiger partial charge in [0.15, 0.2) is 0 Å². The number of carbonyl (C=O) groups is 1. The molecule has 8 heteroatoms. The van der Waals surface area contributed by atoms with Crippen molar-refractivity contribution in [3.8, 4) is 0 Å². The van der Waals surface area contributed by atoms with Crippen molar-refractivity contribution >= 4 is 28.3 Å². The average molecular weight is 292 g/mol. The molecule has 0 amide bonds. The molecule has 0 bridgehead atoms. The van der Waals surface area contributed by atoms with Gasteiger partial charge >= 0.3 is 12.1 Å². The van der Waals surface area contributed by atoms with Gasteiger partial charge in [-0.2, -0.15) is 13.2 Å². The number of H-pyrrole nitrogens is 1. The summed E-state index contributed by atoms with van der Waals surface area (Å²) in [5.74, 6) is -1.56. The maximum absolute atomic E-state index is 12.9. The van der Waals surface area contributed by atoms with E-state index in [9.17, 15) is 22.8 Å². The molecule has 2 aromatic rings. The zero-order valence-electron chi connectivity index (χ0n) is 9.01.